The number of phenolic OH excluding ortho intramolecular Hbond substituents is 1. The van der Waals surface area contributed by atoms with Gasteiger partial charge in [0.25, 0.3) is 0 Å². The van der Waals surface area contributed by atoms with E-state index >= 15 is 0 Å². The molecule has 0 bridgehead atoms. The van der Waals surface area contributed by atoms with Crippen LogP contribution in [0.2, 0.25) is 0 Å². The van der Waals surface area contributed by atoms with Crippen molar-refractivity contribution in [1.82, 2.24) is 0 Å². The third-order valence-corrected chi connectivity index (χ3v) is 1.65. The van der Waals surface area contributed by atoms with Gasteiger partial charge in [-0.3, -0.25) is 0 Å². The molecule has 0 aliphatic rings. The van der Waals surface area contributed by atoms with Crippen molar-refractivity contribution in [1.29, 1.82) is 0 Å². The number of hydrogen-bond acceptors (Lipinski definition) is 3. The molecule has 0 saturated heterocycles. The van der Waals surface area contributed by atoms with E-state index < -0.39 is 0 Å². The maximum Gasteiger partial charge on any atom is 0.139 e. The molecule has 2 rings (SSSR count). The van der Waals surface area contributed by atoms with Crippen molar-refractivity contribution in [3.8, 4) is 5.75 Å². The van der Waals surface area contributed by atoms with E-state index in [0.717, 1.165) is 5.39 Å². The number of furan rings is 1. The highest BCUT2D eigenvalue weighted by Gasteiger charge is 2.03. The minimum atomic E-state index is 0.0962. The fraction of sp³-hybridized carbons (Fsp3) is 0. The Labute approximate surface area is 63.0 Å². The Balaban J connectivity index is 2.93. The summed E-state index contributed by atoms with van der Waals surface area (Å²) in [6.07, 6.45) is 1.54. The molecule has 0 saturated carbocycles. The number of phenols is 1. The van der Waals surface area contributed by atoms with Crippen molar-refractivity contribution in [2.75, 3.05) is 5.73 Å². The maximum atomic E-state index is 9.17. The van der Waals surface area contributed by atoms with Crippen LogP contribution in [-0.2, 0) is 0 Å². The van der Waals surface area contributed by atoms with Gasteiger partial charge in [-0.05, 0) is 18.2 Å². The summed E-state index contributed by atoms with van der Waals surface area (Å²) >= 11 is 0. The highest BCUT2D eigenvalue weighted by molar-refractivity contribution is 5.92. The van der Waals surface area contributed by atoms with Gasteiger partial charge in [0.15, 0.2) is 0 Å². The maximum absolute atomic E-state index is 9.17. The largest absolute Gasteiger partial charge is 0.506 e. The standard InChI is InChI=1S/C8H7NO2/c9-8-5-3-4-11-7(5)2-1-6(8)10/h1-4,10H,9H2. The number of fused-ring (bicyclic) bond motifs is 1. The molecular weight excluding hydrogens is 142 g/mol. The highest BCUT2D eigenvalue weighted by Crippen LogP contribution is 2.29. The molecule has 1 aromatic carbocycles. The first-order chi connectivity index (χ1) is 5.29. The normalized spacial score (nSPS) is 10.5. The van der Waals surface area contributed by atoms with Gasteiger partial charge < -0.3 is 15.3 Å². The molecule has 0 aliphatic heterocycles. The lowest BCUT2D eigenvalue weighted by molar-refractivity contribution is 0.478. The molecule has 0 atom stereocenters. The summed E-state index contributed by atoms with van der Waals surface area (Å²) in [5, 5.41) is 9.92. The monoisotopic (exact) mass is 149 g/mol. The van der Waals surface area contributed by atoms with Crippen LogP contribution < -0.4 is 5.73 Å². The summed E-state index contributed by atoms with van der Waals surface area (Å²) in [5.41, 5.74) is 6.62. The second-order valence-electron chi connectivity index (χ2n) is 2.33. The van der Waals surface area contributed by atoms with E-state index in [1.807, 2.05) is 0 Å². The van der Waals surface area contributed by atoms with Crippen molar-refractivity contribution in [3.63, 3.8) is 0 Å². The third kappa shape index (κ3) is 0.741. The van der Waals surface area contributed by atoms with Gasteiger partial charge in [0, 0.05) is 5.39 Å². The van der Waals surface area contributed by atoms with Crippen molar-refractivity contribution in [3.05, 3.63) is 24.5 Å². The van der Waals surface area contributed by atoms with E-state index in [4.69, 9.17) is 15.3 Å². The Kier molecular flexibility index (Phi) is 1.06. The molecule has 0 aliphatic carbocycles. The molecule has 0 radical (unpaired) electrons. The van der Waals surface area contributed by atoms with Gasteiger partial charge in [-0.25, -0.2) is 0 Å². The van der Waals surface area contributed by atoms with Crippen molar-refractivity contribution < 1.29 is 9.52 Å². The first kappa shape index (κ1) is 6.09. The third-order valence-electron chi connectivity index (χ3n) is 1.65. The number of anilines is 1. The average molecular weight is 149 g/mol. The number of nitrogens with two attached hydrogens (primary N) is 1. The molecule has 0 spiro atoms. The zero-order valence-electron chi connectivity index (χ0n) is 5.74. The average Bonchev–Trinajstić information content (AvgIpc) is 2.45. The SMILES string of the molecule is Nc1c(O)ccc2occc12. The summed E-state index contributed by atoms with van der Waals surface area (Å²) in [7, 11) is 0. The molecule has 2 aromatic rings. The number of benzene rings is 1. The van der Waals surface area contributed by atoms with Crippen LogP contribution in [0.15, 0.2) is 28.9 Å². The van der Waals surface area contributed by atoms with Gasteiger partial charge in [0.1, 0.15) is 11.3 Å². The quantitative estimate of drug-likeness (QED) is 0.443. The van der Waals surface area contributed by atoms with Gasteiger partial charge in [-0.1, -0.05) is 0 Å². The number of hydrogen-bond donors (Lipinski definition) is 2. The summed E-state index contributed by atoms with van der Waals surface area (Å²) in [6, 6.07) is 4.92. The topological polar surface area (TPSA) is 59.4 Å². The summed E-state index contributed by atoms with van der Waals surface area (Å²) in [6.45, 7) is 0. The van der Waals surface area contributed by atoms with E-state index in [0.29, 0.717) is 11.3 Å². The molecule has 1 heterocycles. The van der Waals surface area contributed by atoms with Crippen molar-refractivity contribution in [2.45, 2.75) is 0 Å². The lowest BCUT2D eigenvalue weighted by Crippen LogP contribution is -1.84. The number of aromatic hydroxyl groups is 1. The van der Waals surface area contributed by atoms with Crippen LogP contribution >= 0.6 is 0 Å². The fourth-order valence-corrected chi connectivity index (χ4v) is 1.05. The Hall–Kier alpha value is -1.64. The predicted octanol–water partition coefficient (Wildman–Crippen LogP) is 1.72. The van der Waals surface area contributed by atoms with Crippen molar-refractivity contribution >= 4 is 16.7 Å². The Morgan fingerprint density at radius 1 is 1.27 bits per heavy atom. The zero-order valence-corrected chi connectivity index (χ0v) is 5.74. The predicted molar refractivity (Wildman–Crippen MR) is 42.3 cm³/mol. The zero-order chi connectivity index (χ0) is 7.84. The van der Waals surface area contributed by atoms with Gasteiger partial charge in [0.05, 0.1) is 12.0 Å². The first-order valence-electron chi connectivity index (χ1n) is 3.23. The second-order valence-corrected chi connectivity index (χ2v) is 2.33. The Morgan fingerprint density at radius 2 is 2.09 bits per heavy atom. The summed E-state index contributed by atoms with van der Waals surface area (Å²) in [5.74, 6) is 0.0962. The van der Waals surface area contributed by atoms with E-state index in [1.54, 1.807) is 18.4 Å². The van der Waals surface area contributed by atoms with E-state index in [2.05, 4.69) is 0 Å². The molecule has 11 heavy (non-hydrogen) atoms. The minimum absolute atomic E-state index is 0.0962. The molecule has 3 nitrogen and oxygen atoms in total. The van der Waals surface area contributed by atoms with Crippen LogP contribution in [0.5, 0.6) is 5.75 Å². The molecule has 3 N–H and O–H groups in total. The first-order valence-corrected chi connectivity index (χ1v) is 3.23. The molecule has 1 aromatic heterocycles. The summed E-state index contributed by atoms with van der Waals surface area (Å²) in [4.78, 5) is 0. The van der Waals surface area contributed by atoms with Gasteiger partial charge >= 0.3 is 0 Å². The lowest BCUT2D eigenvalue weighted by Gasteiger charge is -1.97. The van der Waals surface area contributed by atoms with Crippen molar-refractivity contribution in [2.24, 2.45) is 0 Å². The van der Waals surface area contributed by atoms with E-state index in [-0.39, 0.29) is 5.75 Å². The molecule has 3 heteroatoms. The number of rotatable bonds is 0. The highest BCUT2D eigenvalue weighted by atomic mass is 16.3. The van der Waals surface area contributed by atoms with Crippen LogP contribution in [0.4, 0.5) is 5.69 Å². The van der Waals surface area contributed by atoms with Gasteiger partial charge in [-0.15, -0.1) is 0 Å². The fourth-order valence-electron chi connectivity index (χ4n) is 1.05. The Morgan fingerprint density at radius 3 is 2.91 bits per heavy atom. The van der Waals surface area contributed by atoms with E-state index in [9.17, 15) is 0 Å². The summed E-state index contributed by atoms with van der Waals surface area (Å²) < 4.78 is 5.06. The smallest absolute Gasteiger partial charge is 0.139 e. The second kappa shape index (κ2) is 1.92. The van der Waals surface area contributed by atoms with Crippen LogP contribution in [0, 0.1) is 0 Å². The van der Waals surface area contributed by atoms with Crippen LogP contribution in [-0.4, -0.2) is 5.11 Å². The number of nitrogen functional groups attached to an aromatic ring is 1. The van der Waals surface area contributed by atoms with Crippen LogP contribution in [0.1, 0.15) is 0 Å². The lowest BCUT2D eigenvalue weighted by atomic mass is 10.2. The van der Waals surface area contributed by atoms with Gasteiger partial charge in [-0.2, -0.15) is 0 Å². The minimum Gasteiger partial charge on any atom is -0.506 e. The van der Waals surface area contributed by atoms with Crippen LogP contribution in [0.25, 0.3) is 11.0 Å². The van der Waals surface area contributed by atoms with Gasteiger partial charge in [0.2, 0.25) is 0 Å². The Bertz CT molecular complexity index is 392. The molecule has 56 valence electrons. The molecule has 0 fully saturated rings. The molecule has 0 unspecified atom stereocenters. The van der Waals surface area contributed by atoms with E-state index in [1.165, 1.54) is 6.07 Å². The molecule has 0 amide bonds. The van der Waals surface area contributed by atoms with Crippen LogP contribution in [0.3, 0.4) is 0 Å². The molecular formula is C8H7NO2.